The molecule has 0 aliphatic heterocycles. The van der Waals surface area contributed by atoms with E-state index >= 15 is 0 Å². The SMILES string of the molecule is CCCCCCCCCC/C=C\CCCCCCCCCC(=O)NC(CO)C(O)C(O)CCC/C=C/CC/C=C/CCCCCCCCCCCCCCCCC. The van der Waals surface area contributed by atoms with Crippen LogP contribution in [0.2, 0.25) is 0 Å². The molecule has 0 rings (SSSR count). The molecule has 0 aromatic heterocycles. The number of allylic oxidation sites excluding steroid dienone is 6. The van der Waals surface area contributed by atoms with E-state index in [1.165, 1.54) is 193 Å². The second kappa shape index (κ2) is 47.3. The molecule has 0 saturated heterocycles. The third-order valence-corrected chi connectivity index (χ3v) is 11.7. The lowest BCUT2D eigenvalue weighted by atomic mass is 10.0. The molecule has 57 heavy (non-hydrogen) atoms. The number of hydrogen-bond donors (Lipinski definition) is 4. The van der Waals surface area contributed by atoms with Crippen LogP contribution in [0.5, 0.6) is 0 Å². The van der Waals surface area contributed by atoms with Gasteiger partial charge in [0.2, 0.25) is 5.91 Å². The maximum atomic E-state index is 12.5. The van der Waals surface area contributed by atoms with Crippen LogP contribution in [0, 0.1) is 0 Å². The predicted octanol–water partition coefficient (Wildman–Crippen LogP) is 15.1. The molecule has 1 amide bonds. The minimum Gasteiger partial charge on any atom is -0.394 e. The second-order valence-electron chi connectivity index (χ2n) is 17.4. The van der Waals surface area contributed by atoms with Gasteiger partial charge in [0.1, 0.15) is 6.10 Å². The average Bonchev–Trinajstić information content (AvgIpc) is 3.22. The topological polar surface area (TPSA) is 89.8 Å². The third-order valence-electron chi connectivity index (χ3n) is 11.7. The Balaban J connectivity index is 3.65. The van der Waals surface area contributed by atoms with E-state index in [0.717, 1.165) is 44.9 Å². The number of aliphatic hydroxyl groups excluding tert-OH is 3. The maximum absolute atomic E-state index is 12.5. The van der Waals surface area contributed by atoms with E-state index in [1.807, 2.05) is 0 Å². The highest BCUT2D eigenvalue weighted by Crippen LogP contribution is 2.16. The summed E-state index contributed by atoms with van der Waals surface area (Å²) >= 11 is 0. The van der Waals surface area contributed by atoms with Crippen LogP contribution in [0.3, 0.4) is 0 Å². The van der Waals surface area contributed by atoms with Crippen LogP contribution < -0.4 is 5.32 Å². The van der Waals surface area contributed by atoms with Gasteiger partial charge in [0, 0.05) is 6.42 Å². The molecule has 0 aromatic rings. The van der Waals surface area contributed by atoms with E-state index in [0.29, 0.717) is 12.8 Å². The van der Waals surface area contributed by atoms with Crippen molar-refractivity contribution in [2.45, 2.75) is 283 Å². The normalized spacial score (nSPS) is 13.7. The Kier molecular flexibility index (Phi) is 46.1. The molecule has 4 N–H and O–H groups in total. The Morgan fingerprint density at radius 1 is 0.421 bits per heavy atom. The lowest BCUT2D eigenvalue weighted by molar-refractivity contribution is -0.124. The molecule has 0 spiro atoms. The maximum Gasteiger partial charge on any atom is 0.220 e. The summed E-state index contributed by atoms with van der Waals surface area (Å²) in [6.45, 7) is 4.18. The number of unbranched alkanes of at least 4 members (excludes halogenated alkanes) is 32. The number of rotatable bonds is 46. The van der Waals surface area contributed by atoms with Gasteiger partial charge in [-0.2, -0.15) is 0 Å². The highest BCUT2D eigenvalue weighted by atomic mass is 16.3. The van der Waals surface area contributed by atoms with E-state index in [2.05, 4.69) is 55.6 Å². The first-order chi connectivity index (χ1) is 28.1. The molecule has 0 aliphatic carbocycles. The minimum absolute atomic E-state index is 0.161. The minimum atomic E-state index is -1.17. The first-order valence-electron chi connectivity index (χ1n) is 25.3. The Bertz CT molecular complexity index is 885. The zero-order chi connectivity index (χ0) is 41.5. The Morgan fingerprint density at radius 3 is 1.07 bits per heavy atom. The predicted molar refractivity (Wildman–Crippen MR) is 250 cm³/mol. The summed E-state index contributed by atoms with van der Waals surface area (Å²) in [6, 6.07) is -0.835. The van der Waals surface area contributed by atoms with Crippen molar-refractivity contribution in [3.05, 3.63) is 36.5 Å². The highest BCUT2D eigenvalue weighted by Gasteiger charge is 2.26. The Morgan fingerprint density at radius 2 is 0.719 bits per heavy atom. The summed E-state index contributed by atoms with van der Waals surface area (Å²) in [6.07, 6.45) is 59.9. The van der Waals surface area contributed by atoms with Gasteiger partial charge in [-0.3, -0.25) is 4.79 Å². The van der Waals surface area contributed by atoms with E-state index in [1.54, 1.807) is 0 Å². The van der Waals surface area contributed by atoms with Crippen molar-refractivity contribution in [1.82, 2.24) is 5.32 Å². The molecule has 0 bridgehead atoms. The number of amides is 1. The quantitative estimate of drug-likeness (QED) is 0.0365. The second-order valence-corrected chi connectivity index (χ2v) is 17.4. The number of aliphatic hydroxyl groups is 3. The van der Waals surface area contributed by atoms with Crippen LogP contribution >= 0.6 is 0 Å². The summed E-state index contributed by atoms with van der Waals surface area (Å²) in [4.78, 5) is 12.5. The summed E-state index contributed by atoms with van der Waals surface area (Å²) in [5.41, 5.74) is 0. The fourth-order valence-corrected chi connectivity index (χ4v) is 7.76. The van der Waals surface area contributed by atoms with Gasteiger partial charge in [-0.15, -0.1) is 0 Å². The molecule has 3 atom stereocenters. The van der Waals surface area contributed by atoms with Crippen LogP contribution in [0.4, 0.5) is 0 Å². The Hall–Kier alpha value is -1.43. The number of hydrogen-bond acceptors (Lipinski definition) is 4. The Labute approximate surface area is 355 Å². The van der Waals surface area contributed by atoms with Crippen molar-refractivity contribution < 1.29 is 20.1 Å². The summed E-state index contributed by atoms with van der Waals surface area (Å²) in [5.74, 6) is -0.161. The molecule has 0 aromatic carbocycles. The largest absolute Gasteiger partial charge is 0.394 e. The van der Waals surface area contributed by atoms with E-state index in [9.17, 15) is 20.1 Å². The first-order valence-corrected chi connectivity index (χ1v) is 25.3. The van der Waals surface area contributed by atoms with Gasteiger partial charge in [-0.1, -0.05) is 217 Å². The van der Waals surface area contributed by atoms with Crippen molar-refractivity contribution in [3.63, 3.8) is 0 Å². The standard InChI is InChI=1S/C52H99NO4/c1-3-5-7-9-11-13-15-17-19-21-23-24-25-26-27-29-30-32-34-36-38-40-42-44-46-50(55)52(57)49(48-54)53-51(56)47-45-43-41-39-37-35-33-31-28-22-20-18-16-14-12-10-8-6-4-2/h22,28,30,32,38,40,49-50,52,54-55,57H,3-21,23-27,29,31,33-37,39,41-48H2,1-2H3,(H,53,56)/b28-22-,32-30+,40-38+. The molecule has 5 heteroatoms. The zero-order valence-electron chi connectivity index (χ0n) is 38.2. The van der Waals surface area contributed by atoms with Crippen LogP contribution in [0.15, 0.2) is 36.5 Å². The van der Waals surface area contributed by atoms with Crippen LogP contribution in [-0.2, 0) is 4.79 Å². The molecule has 5 nitrogen and oxygen atoms in total. The van der Waals surface area contributed by atoms with E-state index in [4.69, 9.17) is 0 Å². The number of carbonyl (C=O) groups is 1. The monoisotopic (exact) mass is 802 g/mol. The van der Waals surface area contributed by atoms with Crippen molar-refractivity contribution in [2.75, 3.05) is 6.61 Å². The van der Waals surface area contributed by atoms with Gasteiger partial charge < -0.3 is 20.6 Å². The van der Waals surface area contributed by atoms with Gasteiger partial charge in [0.25, 0.3) is 0 Å². The van der Waals surface area contributed by atoms with Crippen molar-refractivity contribution in [1.29, 1.82) is 0 Å². The average molecular weight is 802 g/mol. The molecule has 336 valence electrons. The van der Waals surface area contributed by atoms with Crippen molar-refractivity contribution in [3.8, 4) is 0 Å². The molecule has 0 saturated carbocycles. The van der Waals surface area contributed by atoms with E-state index in [-0.39, 0.29) is 12.5 Å². The molecule has 0 radical (unpaired) electrons. The van der Waals surface area contributed by atoms with Gasteiger partial charge in [-0.25, -0.2) is 0 Å². The summed E-state index contributed by atoms with van der Waals surface area (Å²) in [7, 11) is 0. The number of carbonyl (C=O) groups excluding carboxylic acids is 1. The van der Waals surface area contributed by atoms with Gasteiger partial charge in [0.05, 0.1) is 18.8 Å². The summed E-state index contributed by atoms with van der Waals surface area (Å²) in [5, 5.41) is 33.6. The molecule has 0 fully saturated rings. The molecule has 3 unspecified atom stereocenters. The van der Waals surface area contributed by atoms with Gasteiger partial charge in [-0.05, 0) is 77.0 Å². The van der Waals surface area contributed by atoms with Crippen molar-refractivity contribution >= 4 is 5.91 Å². The first kappa shape index (κ1) is 55.6. The van der Waals surface area contributed by atoms with Crippen molar-refractivity contribution in [2.24, 2.45) is 0 Å². The summed E-state index contributed by atoms with van der Waals surface area (Å²) < 4.78 is 0. The van der Waals surface area contributed by atoms with E-state index < -0.39 is 18.2 Å². The molecular formula is C52H99NO4. The van der Waals surface area contributed by atoms with Crippen LogP contribution in [0.25, 0.3) is 0 Å². The lowest BCUT2D eigenvalue weighted by Gasteiger charge is -2.26. The highest BCUT2D eigenvalue weighted by molar-refractivity contribution is 5.76. The zero-order valence-corrected chi connectivity index (χ0v) is 38.2. The molecular weight excluding hydrogens is 703 g/mol. The molecule has 0 heterocycles. The van der Waals surface area contributed by atoms with Crippen LogP contribution in [-0.4, -0.2) is 46.1 Å². The fourth-order valence-electron chi connectivity index (χ4n) is 7.76. The fraction of sp³-hybridized carbons (Fsp3) is 0.865. The third kappa shape index (κ3) is 42.5. The smallest absolute Gasteiger partial charge is 0.220 e. The number of nitrogens with one attached hydrogen (secondary N) is 1. The molecule has 0 aliphatic rings. The van der Waals surface area contributed by atoms with Gasteiger partial charge >= 0.3 is 0 Å². The van der Waals surface area contributed by atoms with Gasteiger partial charge in [0.15, 0.2) is 0 Å². The lowest BCUT2D eigenvalue weighted by Crippen LogP contribution is -2.50. The van der Waals surface area contributed by atoms with Crippen LogP contribution in [0.1, 0.15) is 264 Å².